The highest BCUT2D eigenvalue weighted by atomic mass is 16.3. The predicted molar refractivity (Wildman–Crippen MR) is 51.1 cm³/mol. The number of carbonyl (C=O) groups is 1. The van der Waals surface area contributed by atoms with Crippen molar-refractivity contribution >= 4 is 6.29 Å². The van der Waals surface area contributed by atoms with Crippen molar-refractivity contribution in [1.29, 1.82) is 0 Å². The van der Waals surface area contributed by atoms with Gasteiger partial charge in [0, 0.05) is 11.8 Å². The van der Waals surface area contributed by atoms with Crippen LogP contribution in [0.2, 0.25) is 0 Å². The minimum Gasteiger partial charge on any atom is -0.378 e. The van der Waals surface area contributed by atoms with E-state index in [1.165, 1.54) is 5.57 Å². The Bertz CT molecular complexity index is 213. The Morgan fingerprint density at radius 1 is 1.77 bits per heavy atom. The molecule has 3 unspecified atom stereocenters. The minimum atomic E-state index is -0.570. The molecule has 74 valence electrons. The Hall–Kier alpha value is -0.670. The van der Waals surface area contributed by atoms with Gasteiger partial charge in [0.25, 0.3) is 0 Å². The molecule has 3 atom stereocenters. The molecule has 1 rings (SSSR count). The maximum absolute atomic E-state index is 10.8. The fourth-order valence-electron chi connectivity index (χ4n) is 1.84. The third kappa shape index (κ3) is 2.39. The van der Waals surface area contributed by atoms with Gasteiger partial charge in [-0.2, -0.15) is 0 Å². The van der Waals surface area contributed by atoms with E-state index in [1.807, 2.05) is 6.92 Å². The molecule has 3 nitrogen and oxygen atoms in total. The molecule has 0 heterocycles. The van der Waals surface area contributed by atoms with Gasteiger partial charge in [-0.25, -0.2) is 0 Å². The number of carbonyl (C=O) groups excluding carboxylic acids is 1. The summed E-state index contributed by atoms with van der Waals surface area (Å²) in [5.74, 6) is -0.00125. The number of aliphatic hydroxyl groups excluding tert-OH is 1. The van der Waals surface area contributed by atoms with Gasteiger partial charge >= 0.3 is 0 Å². The summed E-state index contributed by atoms with van der Waals surface area (Å²) in [4.78, 5) is 10.8. The number of rotatable bonds is 3. The van der Waals surface area contributed by atoms with E-state index in [9.17, 15) is 9.90 Å². The molecular weight excluding hydrogens is 166 g/mol. The Kier molecular flexibility index (Phi) is 3.63. The van der Waals surface area contributed by atoms with Crippen LogP contribution in [-0.4, -0.2) is 24.7 Å². The van der Waals surface area contributed by atoms with Gasteiger partial charge in [0.15, 0.2) is 0 Å². The minimum absolute atomic E-state index is 0.0335. The quantitative estimate of drug-likeness (QED) is 0.384. The van der Waals surface area contributed by atoms with Crippen molar-refractivity contribution in [2.75, 3.05) is 7.05 Å². The maximum atomic E-state index is 10.8. The summed E-state index contributed by atoms with van der Waals surface area (Å²) in [6, 6.07) is 0. The molecule has 13 heavy (non-hydrogen) atoms. The van der Waals surface area contributed by atoms with Crippen molar-refractivity contribution < 1.29 is 9.90 Å². The third-order valence-electron chi connectivity index (χ3n) is 2.72. The average molecular weight is 183 g/mol. The zero-order valence-electron chi connectivity index (χ0n) is 8.16. The molecule has 2 N–H and O–H groups in total. The van der Waals surface area contributed by atoms with Crippen LogP contribution in [0.5, 0.6) is 0 Å². The molecule has 0 amide bonds. The van der Waals surface area contributed by atoms with Crippen molar-refractivity contribution in [2.24, 2.45) is 11.8 Å². The number of aldehydes is 1. The highest BCUT2D eigenvalue weighted by molar-refractivity contribution is 5.55. The van der Waals surface area contributed by atoms with Crippen molar-refractivity contribution in [2.45, 2.75) is 26.0 Å². The van der Waals surface area contributed by atoms with Crippen LogP contribution < -0.4 is 5.32 Å². The molecule has 0 aromatic rings. The van der Waals surface area contributed by atoms with E-state index in [1.54, 1.807) is 7.05 Å². The zero-order valence-corrected chi connectivity index (χ0v) is 8.16. The topological polar surface area (TPSA) is 49.3 Å². The largest absolute Gasteiger partial charge is 0.378 e. The summed E-state index contributed by atoms with van der Waals surface area (Å²) in [6.07, 6.45) is 4.07. The molecule has 0 bridgehead atoms. The van der Waals surface area contributed by atoms with E-state index in [2.05, 4.69) is 11.4 Å². The average Bonchev–Trinajstić information content (AvgIpc) is 2.16. The lowest BCUT2D eigenvalue weighted by atomic mass is 9.80. The van der Waals surface area contributed by atoms with Crippen LogP contribution in [0.3, 0.4) is 0 Å². The van der Waals surface area contributed by atoms with Crippen LogP contribution in [0, 0.1) is 11.8 Å². The fourth-order valence-corrected chi connectivity index (χ4v) is 1.84. The van der Waals surface area contributed by atoms with Crippen LogP contribution >= 0.6 is 0 Å². The summed E-state index contributed by atoms with van der Waals surface area (Å²) in [5, 5.41) is 12.4. The summed E-state index contributed by atoms with van der Waals surface area (Å²) in [6.45, 7) is 2.03. The summed E-state index contributed by atoms with van der Waals surface area (Å²) in [7, 11) is 1.71. The van der Waals surface area contributed by atoms with Crippen LogP contribution in [0.4, 0.5) is 0 Å². The van der Waals surface area contributed by atoms with Gasteiger partial charge in [-0.3, -0.25) is 5.32 Å². The van der Waals surface area contributed by atoms with E-state index in [0.717, 1.165) is 19.1 Å². The van der Waals surface area contributed by atoms with Crippen LogP contribution in [-0.2, 0) is 4.79 Å². The molecule has 0 fully saturated rings. The van der Waals surface area contributed by atoms with E-state index in [0.29, 0.717) is 0 Å². The second-order valence-electron chi connectivity index (χ2n) is 3.69. The van der Waals surface area contributed by atoms with Gasteiger partial charge in [0.1, 0.15) is 12.5 Å². The van der Waals surface area contributed by atoms with Gasteiger partial charge in [0.2, 0.25) is 0 Å². The van der Waals surface area contributed by atoms with Crippen molar-refractivity contribution in [1.82, 2.24) is 5.32 Å². The predicted octanol–water partition coefficient (Wildman–Crippen LogP) is 0.696. The lowest BCUT2D eigenvalue weighted by Crippen LogP contribution is -2.39. The maximum Gasteiger partial charge on any atom is 0.123 e. The van der Waals surface area contributed by atoms with Gasteiger partial charge in [0.05, 0.1) is 0 Å². The Morgan fingerprint density at radius 3 is 3.00 bits per heavy atom. The first-order valence-electron chi connectivity index (χ1n) is 4.65. The monoisotopic (exact) mass is 183 g/mol. The first-order chi connectivity index (χ1) is 6.19. The van der Waals surface area contributed by atoms with E-state index in [-0.39, 0.29) is 11.8 Å². The number of hydrogen-bond donors (Lipinski definition) is 2. The molecule has 1 aliphatic carbocycles. The number of allylic oxidation sites excluding steroid dienone is 2. The second kappa shape index (κ2) is 4.53. The molecule has 1 aliphatic rings. The highest BCUT2D eigenvalue weighted by Gasteiger charge is 2.29. The van der Waals surface area contributed by atoms with Gasteiger partial charge in [-0.05, 0) is 26.8 Å². The molecule has 0 spiro atoms. The van der Waals surface area contributed by atoms with Gasteiger partial charge in [-0.1, -0.05) is 11.6 Å². The number of hydrogen-bond acceptors (Lipinski definition) is 3. The third-order valence-corrected chi connectivity index (χ3v) is 2.72. The van der Waals surface area contributed by atoms with Crippen molar-refractivity contribution in [3.63, 3.8) is 0 Å². The Labute approximate surface area is 78.8 Å². The molecule has 0 saturated heterocycles. The summed E-state index contributed by atoms with van der Waals surface area (Å²) in [5.41, 5.74) is 1.25. The van der Waals surface area contributed by atoms with E-state index in [4.69, 9.17) is 0 Å². The zero-order chi connectivity index (χ0) is 9.84. The Morgan fingerprint density at radius 2 is 2.46 bits per heavy atom. The first-order valence-corrected chi connectivity index (χ1v) is 4.65. The molecular formula is C10H17NO2. The highest BCUT2D eigenvalue weighted by Crippen LogP contribution is 2.29. The van der Waals surface area contributed by atoms with E-state index >= 15 is 0 Å². The summed E-state index contributed by atoms with van der Waals surface area (Å²) >= 11 is 0. The molecule has 0 aliphatic heterocycles. The van der Waals surface area contributed by atoms with Gasteiger partial charge < -0.3 is 9.90 Å². The SMILES string of the molecule is CNC(O)C1CC=C(C)CC1C=O. The smallest absolute Gasteiger partial charge is 0.123 e. The number of nitrogens with one attached hydrogen (secondary N) is 1. The second-order valence-corrected chi connectivity index (χ2v) is 3.69. The molecule has 3 heteroatoms. The van der Waals surface area contributed by atoms with Crippen LogP contribution in [0.15, 0.2) is 11.6 Å². The molecule has 0 radical (unpaired) electrons. The fraction of sp³-hybridized carbons (Fsp3) is 0.700. The standard InChI is InChI=1S/C10H17NO2/c1-7-3-4-9(10(13)11-2)8(5-7)6-12/h3,6,8-11,13H,4-5H2,1-2H3. The first kappa shape index (κ1) is 10.4. The summed E-state index contributed by atoms with van der Waals surface area (Å²) < 4.78 is 0. The normalized spacial score (nSPS) is 30.8. The molecule has 0 aromatic carbocycles. The lowest BCUT2D eigenvalue weighted by molar-refractivity contribution is -0.114. The van der Waals surface area contributed by atoms with Crippen molar-refractivity contribution in [3.05, 3.63) is 11.6 Å². The molecule has 0 saturated carbocycles. The lowest BCUT2D eigenvalue weighted by Gasteiger charge is -2.30. The van der Waals surface area contributed by atoms with Crippen molar-refractivity contribution in [3.8, 4) is 0 Å². The van der Waals surface area contributed by atoms with Gasteiger partial charge in [-0.15, -0.1) is 0 Å². The van der Waals surface area contributed by atoms with Crippen LogP contribution in [0.1, 0.15) is 19.8 Å². The molecule has 0 aromatic heterocycles. The van der Waals surface area contributed by atoms with E-state index < -0.39 is 6.23 Å². The Balaban J connectivity index is 2.68. The number of aliphatic hydroxyl groups is 1. The van der Waals surface area contributed by atoms with Crippen LogP contribution in [0.25, 0.3) is 0 Å².